The van der Waals surface area contributed by atoms with Crippen LogP contribution in [0.1, 0.15) is 6.92 Å². The van der Waals surface area contributed by atoms with Crippen molar-refractivity contribution in [1.82, 2.24) is 15.2 Å². The maximum absolute atomic E-state index is 11.0. The Morgan fingerprint density at radius 1 is 1.16 bits per heavy atom. The van der Waals surface area contributed by atoms with Crippen molar-refractivity contribution in [3.8, 4) is 17.3 Å². The van der Waals surface area contributed by atoms with Crippen LogP contribution in [0.2, 0.25) is 0 Å². The summed E-state index contributed by atoms with van der Waals surface area (Å²) >= 11 is 0. The van der Waals surface area contributed by atoms with Gasteiger partial charge in [-0.25, -0.2) is 4.98 Å². The fourth-order valence-corrected chi connectivity index (χ4v) is 1.67. The van der Waals surface area contributed by atoms with Crippen molar-refractivity contribution >= 4 is 17.0 Å². The van der Waals surface area contributed by atoms with Gasteiger partial charge in [-0.1, -0.05) is 12.1 Å². The molecule has 6 nitrogen and oxygen atoms in total. The molecule has 0 radical (unpaired) electrons. The molecule has 0 N–H and O–H groups in total. The molecule has 0 spiro atoms. The van der Waals surface area contributed by atoms with Crippen molar-refractivity contribution in [2.24, 2.45) is 0 Å². The van der Waals surface area contributed by atoms with Gasteiger partial charge >= 0.3 is 5.97 Å². The van der Waals surface area contributed by atoms with Crippen molar-refractivity contribution in [1.29, 1.82) is 0 Å². The van der Waals surface area contributed by atoms with Crippen LogP contribution in [0.4, 0.5) is 0 Å². The SMILES string of the molecule is CC(=O)Oc1ccoc1-c1nnc2ccccc2n1. The third-order valence-corrected chi connectivity index (χ3v) is 2.45. The number of aromatic nitrogens is 3. The minimum absolute atomic E-state index is 0.278. The summed E-state index contributed by atoms with van der Waals surface area (Å²) < 4.78 is 10.3. The lowest BCUT2D eigenvalue weighted by atomic mass is 10.3. The van der Waals surface area contributed by atoms with E-state index in [0.29, 0.717) is 11.0 Å². The number of rotatable bonds is 2. The average Bonchev–Trinajstić information content (AvgIpc) is 2.85. The number of benzene rings is 1. The molecule has 0 amide bonds. The molecule has 0 fully saturated rings. The quantitative estimate of drug-likeness (QED) is 0.653. The van der Waals surface area contributed by atoms with E-state index in [1.165, 1.54) is 19.3 Å². The third kappa shape index (κ3) is 2.15. The first kappa shape index (κ1) is 11.3. The Hall–Kier alpha value is -2.76. The molecule has 3 rings (SSSR count). The predicted octanol–water partition coefficient (Wildman–Crippen LogP) is 2.21. The first-order chi connectivity index (χ1) is 9.24. The van der Waals surface area contributed by atoms with E-state index in [-0.39, 0.29) is 17.3 Å². The van der Waals surface area contributed by atoms with E-state index in [2.05, 4.69) is 15.2 Å². The van der Waals surface area contributed by atoms with Crippen LogP contribution in [-0.4, -0.2) is 21.2 Å². The predicted molar refractivity (Wildman–Crippen MR) is 66.3 cm³/mol. The number of fused-ring (bicyclic) bond motifs is 1. The highest BCUT2D eigenvalue weighted by Gasteiger charge is 2.16. The lowest BCUT2D eigenvalue weighted by Crippen LogP contribution is -2.02. The van der Waals surface area contributed by atoms with Crippen LogP contribution in [0.25, 0.3) is 22.6 Å². The topological polar surface area (TPSA) is 78.1 Å². The van der Waals surface area contributed by atoms with Crippen molar-refractivity contribution in [2.45, 2.75) is 6.92 Å². The number of ether oxygens (including phenoxy) is 1. The molecule has 0 unspecified atom stereocenters. The number of furan rings is 1. The normalized spacial score (nSPS) is 10.6. The van der Waals surface area contributed by atoms with Gasteiger partial charge in [-0.2, -0.15) is 0 Å². The maximum atomic E-state index is 11.0. The molecule has 6 heteroatoms. The van der Waals surface area contributed by atoms with Gasteiger partial charge in [0.2, 0.25) is 11.6 Å². The summed E-state index contributed by atoms with van der Waals surface area (Å²) in [7, 11) is 0. The van der Waals surface area contributed by atoms with Crippen LogP contribution in [0.3, 0.4) is 0 Å². The molecular weight excluding hydrogens is 246 g/mol. The molecule has 2 aromatic heterocycles. The number of nitrogens with zero attached hydrogens (tertiary/aromatic N) is 3. The summed E-state index contributed by atoms with van der Waals surface area (Å²) in [6, 6.07) is 8.89. The maximum Gasteiger partial charge on any atom is 0.308 e. The standard InChI is InChI=1S/C13H9N3O3/c1-8(17)19-11-6-7-18-12(11)13-14-9-4-2-3-5-10(9)15-16-13/h2-7H,1H3. The first-order valence-electron chi connectivity index (χ1n) is 5.60. The largest absolute Gasteiger partial charge is 0.457 e. The smallest absolute Gasteiger partial charge is 0.308 e. The van der Waals surface area contributed by atoms with Crippen molar-refractivity contribution in [3.63, 3.8) is 0 Å². The number of carbonyl (C=O) groups is 1. The van der Waals surface area contributed by atoms with Gasteiger partial charge in [0, 0.05) is 13.0 Å². The lowest BCUT2D eigenvalue weighted by Gasteiger charge is -2.01. The van der Waals surface area contributed by atoms with E-state index in [4.69, 9.17) is 9.15 Å². The third-order valence-electron chi connectivity index (χ3n) is 2.45. The molecule has 0 aliphatic carbocycles. The van der Waals surface area contributed by atoms with Crippen LogP contribution in [0, 0.1) is 0 Å². The zero-order chi connectivity index (χ0) is 13.2. The molecule has 0 saturated heterocycles. The number of para-hydroxylation sites is 1. The number of hydrogen-bond donors (Lipinski definition) is 0. The van der Waals surface area contributed by atoms with Gasteiger partial charge in [-0.15, -0.1) is 10.2 Å². The van der Waals surface area contributed by atoms with E-state index in [1.807, 2.05) is 24.3 Å². The van der Waals surface area contributed by atoms with Crippen LogP contribution in [-0.2, 0) is 4.79 Å². The second-order valence-electron chi connectivity index (χ2n) is 3.83. The second-order valence-corrected chi connectivity index (χ2v) is 3.83. The highest BCUT2D eigenvalue weighted by atomic mass is 16.5. The minimum atomic E-state index is -0.434. The summed E-state index contributed by atoms with van der Waals surface area (Å²) in [6.45, 7) is 1.32. The van der Waals surface area contributed by atoms with E-state index in [1.54, 1.807) is 0 Å². The van der Waals surface area contributed by atoms with Crippen LogP contribution in [0.15, 0.2) is 41.0 Å². The monoisotopic (exact) mass is 255 g/mol. The Morgan fingerprint density at radius 3 is 2.74 bits per heavy atom. The van der Waals surface area contributed by atoms with Gasteiger partial charge in [0.1, 0.15) is 5.52 Å². The molecule has 0 aliphatic heterocycles. The summed E-state index contributed by atoms with van der Waals surface area (Å²) in [5.74, 6) is 0.411. The summed E-state index contributed by atoms with van der Waals surface area (Å²) in [6.07, 6.45) is 1.41. The van der Waals surface area contributed by atoms with Crippen LogP contribution < -0.4 is 4.74 Å². The minimum Gasteiger partial charge on any atom is -0.457 e. The molecule has 0 aliphatic rings. The second kappa shape index (κ2) is 4.49. The van der Waals surface area contributed by atoms with Gasteiger partial charge in [0.15, 0.2) is 5.75 Å². The number of hydrogen-bond acceptors (Lipinski definition) is 6. The van der Waals surface area contributed by atoms with Gasteiger partial charge < -0.3 is 9.15 Å². The van der Waals surface area contributed by atoms with E-state index >= 15 is 0 Å². The Kier molecular flexibility index (Phi) is 2.68. The molecule has 1 aromatic carbocycles. The molecule has 0 saturated carbocycles. The molecule has 94 valence electrons. The van der Waals surface area contributed by atoms with E-state index in [0.717, 1.165) is 0 Å². The Bertz CT molecular complexity index is 751. The number of esters is 1. The highest BCUT2D eigenvalue weighted by molar-refractivity contribution is 5.76. The molecular formula is C13H9N3O3. The molecule has 0 bridgehead atoms. The Balaban J connectivity index is 2.09. The van der Waals surface area contributed by atoms with Crippen molar-refractivity contribution < 1.29 is 13.9 Å². The van der Waals surface area contributed by atoms with Crippen molar-refractivity contribution in [2.75, 3.05) is 0 Å². The van der Waals surface area contributed by atoms with Gasteiger partial charge in [0.25, 0.3) is 0 Å². The molecule has 3 aromatic rings. The molecule has 19 heavy (non-hydrogen) atoms. The number of carbonyl (C=O) groups excluding carboxylic acids is 1. The fraction of sp³-hybridized carbons (Fsp3) is 0.0769. The van der Waals surface area contributed by atoms with Crippen LogP contribution in [0.5, 0.6) is 5.75 Å². The van der Waals surface area contributed by atoms with Crippen molar-refractivity contribution in [3.05, 3.63) is 36.6 Å². The average molecular weight is 255 g/mol. The highest BCUT2D eigenvalue weighted by Crippen LogP contribution is 2.29. The van der Waals surface area contributed by atoms with E-state index in [9.17, 15) is 4.79 Å². The summed E-state index contributed by atoms with van der Waals surface area (Å²) in [4.78, 5) is 15.3. The Labute approximate surface area is 108 Å². The van der Waals surface area contributed by atoms with E-state index < -0.39 is 5.97 Å². The molecule has 0 atom stereocenters. The fourth-order valence-electron chi connectivity index (χ4n) is 1.67. The Morgan fingerprint density at radius 2 is 1.95 bits per heavy atom. The van der Waals surface area contributed by atoms with Gasteiger partial charge in [0.05, 0.1) is 11.8 Å². The van der Waals surface area contributed by atoms with Crippen LogP contribution >= 0.6 is 0 Å². The lowest BCUT2D eigenvalue weighted by molar-refractivity contribution is -0.131. The molecule has 2 heterocycles. The summed E-state index contributed by atoms with van der Waals surface area (Å²) in [5, 5.41) is 8.02. The first-order valence-corrected chi connectivity index (χ1v) is 5.60. The summed E-state index contributed by atoms with van der Waals surface area (Å²) in [5.41, 5.74) is 1.38. The van der Waals surface area contributed by atoms with Gasteiger partial charge in [-0.05, 0) is 12.1 Å². The zero-order valence-corrected chi connectivity index (χ0v) is 10.0. The van der Waals surface area contributed by atoms with Gasteiger partial charge in [-0.3, -0.25) is 4.79 Å². The zero-order valence-electron chi connectivity index (χ0n) is 10.0.